The lowest BCUT2D eigenvalue weighted by molar-refractivity contribution is -0.149. The van der Waals surface area contributed by atoms with E-state index in [0.717, 1.165) is 25.3 Å². The van der Waals surface area contributed by atoms with Gasteiger partial charge in [-0.25, -0.2) is 0 Å². The van der Waals surface area contributed by atoms with E-state index in [1.165, 1.54) is 16.8 Å². The first-order valence-electron chi connectivity index (χ1n) is 9.35. The predicted molar refractivity (Wildman–Crippen MR) is 107 cm³/mol. The topological polar surface area (TPSA) is 57.2 Å². The Morgan fingerprint density at radius 3 is 2.85 bits per heavy atom. The molecule has 6 nitrogen and oxygen atoms in total. The highest BCUT2D eigenvalue weighted by molar-refractivity contribution is 5.81. The molecule has 0 aliphatic carbocycles. The first-order valence-corrected chi connectivity index (χ1v) is 9.35. The van der Waals surface area contributed by atoms with Gasteiger partial charge in [-0.15, -0.1) is 0 Å². The molecule has 1 heterocycles. The number of hydrogen-bond donors (Lipinski definition) is 1. The molecular formula is C20H32N4O2. The number of piperidine rings is 1. The summed E-state index contributed by atoms with van der Waals surface area (Å²) in [6, 6.07) is 6.48. The van der Waals surface area contributed by atoms with Crippen LogP contribution in [0.25, 0.3) is 0 Å². The first kappa shape index (κ1) is 20.1. The molecule has 1 aliphatic heterocycles. The highest BCUT2D eigenvalue weighted by Gasteiger charge is 2.28. The molecule has 0 radical (unpaired) electrons. The lowest BCUT2D eigenvalue weighted by Crippen LogP contribution is -2.48. The van der Waals surface area contributed by atoms with E-state index in [4.69, 9.17) is 4.74 Å². The van der Waals surface area contributed by atoms with Crippen molar-refractivity contribution in [1.29, 1.82) is 0 Å². The number of anilines is 1. The van der Waals surface area contributed by atoms with E-state index in [0.29, 0.717) is 19.7 Å². The standard InChI is InChI=1S/C20H32N4O2/c1-6-26-19(25)17-8-7-11-24(14-17)20(21-3)22-13-16-10-9-15(2)12-18(16)23(4)5/h9-10,12,17H,6-8,11,13-14H2,1-5H3,(H,21,22)/t17-/m0/s1. The van der Waals surface area contributed by atoms with Gasteiger partial charge < -0.3 is 19.9 Å². The maximum atomic E-state index is 12.1. The molecule has 1 fully saturated rings. The summed E-state index contributed by atoms with van der Waals surface area (Å²) in [5.74, 6) is 0.671. The Kier molecular flexibility index (Phi) is 7.30. The number of nitrogens with one attached hydrogen (secondary N) is 1. The van der Waals surface area contributed by atoms with Crippen LogP contribution < -0.4 is 10.2 Å². The Morgan fingerprint density at radius 1 is 1.42 bits per heavy atom. The van der Waals surface area contributed by atoms with Gasteiger partial charge in [0.15, 0.2) is 5.96 Å². The molecule has 1 aromatic carbocycles. The minimum atomic E-state index is -0.0962. The molecule has 2 rings (SSSR count). The Labute approximate surface area is 157 Å². The van der Waals surface area contributed by atoms with Crippen LogP contribution in [0.2, 0.25) is 0 Å². The fourth-order valence-corrected chi connectivity index (χ4v) is 3.37. The predicted octanol–water partition coefficient (Wildman–Crippen LogP) is 2.41. The molecule has 6 heteroatoms. The van der Waals surface area contributed by atoms with Crippen molar-refractivity contribution in [2.24, 2.45) is 10.9 Å². The average molecular weight is 361 g/mol. The van der Waals surface area contributed by atoms with Crippen molar-refractivity contribution in [2.45, 2.75) is 33.2 Å². The lowest BCUT2D eigenvalue weighted by Gasteiger charge is -2.34. The quantitative estimate of drug-likeness (QED) is 0.496. The molecule has 144 valence electrons. The molecule has 0 aromatic heterocycles. The fraction of sp³-hybridized carbons (Fsp3) is 0.600. The minimum Gasteiger partial charge on any atom is -0.466 e. The number of esters is 1. The van der Waals surface area contributed by atoms with Crippen molar-refractivity contribution in [3.8, 4) is 0 Å². The van der Waals surface area contributed by atoms with Crippen molar-refractivity contribution in [3.05, 3.63) is 29.3 Å². The van der Waals surface area contributed by atoms with Crippen LogP contribution in [0.15, 0.2) is 23.2 Å². The van der Waals surface area contributed by atoms with E-state index in [1.807, 2.05) is 6.92 Å². The van der Waals surface area contributed by atoms with Crippen molar-refractivity contribution in [1.82, 2.24) is 10.2 Å². The average Bonchev–Trinajstić information content (AvgIpc) is 2.63. The summed E-state index contributed by atoms with van der Waals surface area (Å²) < 4.78 is 5.19. The number of likely N-dealkylation sites (tertiary alicyclic amines) is 1. The zero-order chi connectivity index (χ0) is 19.1. The van der Waals surface area contributed by atoms with Crippen LogP contribution in [0.5, 0.6) is 0 Å². The maximum absolute atomic E-state index is 12.1. The number of rotatable bonds is 5. The van der Waals surface area contributed by atoms with E-state index in [-0.39, 0.29) is 11.9 Å². The smallest absolute Gasteiger partial charge is 0.310 e. The van der Waals surface area contributed by atoms with Gasteiger partial charge in [0.1, 0.15) is 0 Å². The van der Waals surface area contributed by atoms with E-state index in [9.17, 15) is 4.79 Å². The Balaban J connectivity index is 2.03. The third-order valence-corrected chi connectivity index (χ3v) is 4.71. The molecule has 26 heavy (non-hydrogen) atoms. The zero-order valence-corrected chi connectivity index (χ0v) is 16.7. The van der Waals surface area contributed by atoms with E-state index in [2.05, 4.69) is 59.3 Å². The van der Waals surface area contributed by atoms with Crippen LogP contribution in [-0.2, 0) is 16.1 Å². The molecule has 1 N–H and O–H groups in total. The number of carbonyl (C=O) groups excluding carboxylic acids is 1. The minimum absolute atomic E-state index is 0.0704. The highest BCUT2D eigenvalue weighted by Crippen LogP contribution is 2.21. The number of ether oxygens (including phenoxy) is 1. The van der Waals surface area contributed by atoms with Crippen molar-refractivity contribution < 1.29 is 9.53 Å². The van der Waals surface area contributed by atoms with Crippen LogP contribution in [0, 0.1) is 12.8 Å². The molecule has 1 aliphatic rings. The molecule has 0 unspecified atom stereocenters. The molecule has 0 spiro atoms. The van der Waals surface area contributed by atoms with Gasteiger partial charge in [0, 0.05) is 46.5 Å². The summed E-state index contributed by atoms with van der Waals surface area (Å²) >= 11 is 0. The zero-order valence-electron chi connectivity index (χ0n) is 16.7. The highest BCUT2D eigenvalue weighted by atomic mass is 16.5. The van der Waals surface area contributed by atoms with Gasteiger partial charge in [0.05, 0.1) is 12.5 Å². The molecule has 1 saturated heterocycles. The summed E-state index contributed by atoms with van der Waals surface area (Å²) in [5.41, 5.74) is 3.67. The van der Waals surface area contributed by atoms with Crippen LogP contribution in [0.1, 0.15) is 30.9 Å². The lowest BCUT2D eigenvalue weighted by atomic mass is 9.98. The maximum Gasteiger partial charge on any atom is 0.310 e. The second-order valence-corrected chi connectivity index (χ2v) is 6.96. The van der Waals surface area contributed by atoms with Crippen LogP contribution in [0.4, 0.5) is 5.69 Å². The summed E-state index contributed by atoms with van der Waals surface area (Å²) in [6.45, 7) is 6.65. The van der Waals surface area contributed by atoms with E-state index >= 15 is 0 Å². The number of nitrogens with zero attached hydrogens (tertiary/aromatic N) is 3. The van der Waals surface area contributed by atoms with E-state index < -0.39 is 0 Å². The van der Waals surface area contributed by atoms with Gasteiger partial charge in [0.25, 0.3) is 0 Å². The van der Waals surface area contributed by atoms with Gasteiger partial charge in [-0.3, -0.25) is 9.79 Å². The number of carbonyl (C=O) groups is 1. The van der Waals surface area contributed by atoms with Crippen molar-refractivity contribution >= 4 is 17.6 Å². The van der Waals surface area contributed by atoms with Gasteiger partial charge in [-0.05, 0) is 43.9 Å². The van der Waals surface area contributed by atoms with Gasteiger partial charge in [-0.1, -0.05) is 12.1 Å². The van der Waals surface area contributed by atoms with Gasteiger partial charge in [0.2, 0.25) is 0 Å². The second kappa shape index (κ2) is 9.46. The Morgan fingerprint density at radius 2 is 2.19 bits per heavy atom. The summed E-state index contributed by atoms with van der Waals surface area (Å²) in [4.78, 5) is 20.8. The SMILES string of the molecule is CCOC(=O)[C@H]1CCCN(C(=NC)NCc2ccc(C)cc2N(C)C)C1. The third kappa shape index (κ3) is 5.13. The monoisotopic (exact) mass is 360 g/mol. The van der Waals surface area contributed by atoms with Crippen LogP contribution in [0.3, 0.4) is 0 Å². The number of hydrogen-bond acceptors (Lipinski definition) is 4. The number of benzene rings is 1. The molecule has 1 aromatic rings. The van der Waals surface area contributed by atoms with Crippen LogP contribution >= 0.6 is 0 Å². The second-order valence-electron chi connectivity index (χ2n) is 6.96. The number of aryl methyl sites for hydroxylation is 1. The van der Waals surface area contributed by atoms with Crippen molar-refractivity contribution in [2.75, 3.05) is 45.7 Å². The molecular weight excluding hydrogens is 328 g/mol. The van der Waals surface area contributed by atoms with Gasteiger partial charge in [-0.2, -0.15) is 0 Å². The normalized spacial score (nSPS) is 17.8. The molecule has 0 amide bonds. The summed E-state index contributed by atoms with van der Waals surface area (Å²) in [7, 11) is 5.90. The molecule has 1 atom stereocenters. The Bertz CT molecular complexity index is 643. The number of guanidine groups is 1. The third-order valence-electron chi connectivity index (χ3n) is 4.71. The molecule has 0 saturated carbocycles. The Hall–Kier alpha value is -2.24. The van der Waals surface area contributed by atoms with Gasteiger partial charge >= 0.3 is 5.97 Å². The number of aliphatic imine (C=N–C) groups is 1. The summed E-state index contributed by atoms with van der Waals surface area (Å²) in [5, 5.41) is 3.46. The molecule has 0 bridgehead atoms. The van der Waals surface area contributed by atoms with Crippen molar-refractivity contribution in [3.63, 3.8) is 0 Å². The van der Waals surface area contributed by atoms with E-state index in [1.54, 1.807) is 7.05 Å². The largest absolute Gasteiger partial charge is 0.466 e. The van der Waals surface area contributed by atoms with Crippen LogP contribution in [-0.4, -0.2) is 57.7 Å². The summed E-state index contributed by atoms with van der Waals surface area (Å²) in [6.07, 6.45) is 1.85. The first-order chi connectivity index (χ1) is 12.5. The fourth-order valence-electron chi connectivity index (χ4n) is 3.37.